The molecule has 1 aromatic carbocycles. The molecule has 0 amide bonds. The van der Waals surface area contributed by atoms with Crippen molar-refractivity contribution in [3.05, 3.63) is 30.1 Å². The fourth-order valence-corrected chi connectivity index (χ4v) is 2.16. The second kappa shape index (κ2) is 5.53. The van der Waals surface area contributed by atoms with E-state index in [4.69, 9.17) is 0 Å². The molecule has 0 radical (unpaired) electrons. The van der Waals surface area contributed by atoms with E-state index in [0.29, 0.717) is 12.3 Å². The number of aromatic nitrogens is 2. The van der Waals surface area contributed by atoms with Gasteiger partial charge in [0.15, 0.2) is 0 Å². The van der Waals surface area contributed by atoms with Crippen molar-refractivity contribution in [2.75, 3.05) is 0 Å². The van der Waals surface area contributed by atoms with Gasteiger partial charge in [0.1, 0.15) is 11.9 Å². The standard InChI is InChI=1S/C15H22N2O/c1-4-11(3)10-17-13-9-7-6-8-12(13)16-15(17)14(18)5-2/h6-9,11,14,18H,4-5,10H2,1-3H3/t11-,14-/m0/s1. The molecule has 18 heavy (non-hydrogen) atoms. The largest absolute Gasteiger partial charge is 0.385 e. The van der Waals surface area contributed by atoms with Crippen LogP contribution in [0.5, 0.6) is 0 Å². The van der Waals surface area contributed by atoms with Crippen LogP contribution < -0.4 is 0 Å². The molecule has 0 bridgehead atoms. The summed E-state index contributed by atoms with van der Waals surface area (Å²) in [7, 11) is 0. The van der Waals surface area contributed by atoms with E-state index in [2.05, 4.69) is 29.5 Å². The SMILES string of the molecule is CC[C@H](C)Cn1c([C@@H](O)CC)nc2ccccc21. The Labute approximate surface area is 108 Å². The van der Waals surface area contributed by atoms with Gasteiger partial charge >= 0.3 is 0 Å². The van der Waals surface area contributed by atoms with Crippen LogP contribution >= 0.6 is 0 Å². The van der Waals surface area contributed by atoms with Crippen LogP contribution in [0.3, 0.4) is 0 Å². The minimum atomic E-state index is -0.471. The van der Waals surface area contributed by atoms with Crippen LogP contribution in [0.25, 0.3) is 11.0 Å². The number of aliphatic hydroxyl groups excluding tert-OH is 1. The van der Waals surface area contributed by atoms with Gasteiger partial charge in [-0.3, -0.25) is 0 Å². The molecule has 0 aliphatic carbocycles. The predicted molar refractivity (Wildman–Crippen MR) is 74.4 cm³/mol. The maximum Gasteiger partial charge on any atom is 0.138 e. The zero-order valence-corrected chi connectivity index (χ0v) is 11.4. The van der Waals surface area contributed by atoms with Crippen molar-refractivity contribution in [1.82, 2.24) is 9.55 Å². The molecule has 2 atom stereocenters. The zero-order chi connectivity index (χ0) is 13.1. The summed E-state index contributed by atoms with van der Waals surface area (Å²) >= 11 is 0. The van der Waals surface area contributed by atoms with Crippen molar-refractivity contribution >= 4 is 11.0 Å². The highest BCUT2D eigenvalue weighted by Crippen LogP contribution is 2.24. The number of para-hydroxylation sites is 2. The zero-order valence-electron chi connectivity index (χ0n) is 11.4. The Bertz CT molecular complexity index is 518. The van der Waals surface area contributed by atoms with Crippen LogP contribution in [0.4, 0.5) is 0 Å². The molecule has 98 valence electrons. The van der Waals surface area contributed by atoms with Gasteiger partial charge in [-0.2, -0.15) is 0 Å². The lowest BCUT2D eigenvalue weighted by molar-refractivity contribution is 0.158. The van der Waals surface area contributed by atoms with Gasteiger partial charge < -0.3 is 9.67 Å². The van der Waals surface area contributed by atoms with Crippen molar-refractivity contribution in [1.29, 1.82) is 0 Å². The van der Waals surface area contributed by atoms with Crippen LogP contribution in [-0.2, 0) is 6.54 Å². The van der Waals surface area contributed by atoms with E-state index in [1.54, 1.807) is 0 Å². The second-order valence-electron chi connectivity index (χ2n) is 5.01. The first-order valence-electron chi connectivity index (χ1n) is 6.80. The molecule has 0 fully saturated rings. The summed E-state index contributed by atoms with van der Waals surface area (Å²) in [4.78, 5) is 4.58. The fourth-order valence-electron chi connectivity index (χ4n) is 2.16. The molecule has 1 heterocycles. The second-order valence-corrected chi connectivity index (χ2v) is 5.01. The Kier molecular flexibility index (Phi) is 4.02. The molecule has 0 unspecified atom stereocenters. The van der Waals surface area contributed by atoms with Crippen LogP contribution in [0, 0.1) is 5.92 Å². The number of hydrogen-bond donors (Lipinski definition) is 1. The average molecular weight is 246 g/mol. The van der Waals surface area contributed by atoms with Gasteiger partial charge in [-0.25, -0.2) is 4.98 Å². The molecular weight excluding hydrogens is 224 g/mol. The van der Waals surface area contributed by atoms with Crippen LogP contribution in [-0.4, -0.2) is 14.7 Å². The van der Waals surface area contributed by atoms with Gasteiger partial charge in [0.2, 0.25) is 0 Å². The molecule has 1 aromatic heterocycles. The Morgan fingerprint density at radius 2 is 1.94 bits per heavy atom. The van der Waals surface area contributed by atoms with E-state index in [0.717, 1.165) is 29.8 Å². The van der Waals surface area contributed by atoms with E-state index < -0.39 is 6.10 Å². The number of imidazole rings is 1. The van der Waals surface area contributed by atoms with Crippen LogP contribution in [0.15, 0.2) is 24.3 Å². The fraction of sp³-hybridized carbons (Fsp3) is 0.533. The molecule has 2 aromatic rings. The summed E-state index contributed by atoms with van der Waals surface area (Å²) in [5.74, 6) is 1.39. The quantitative estimate of drug-likeness (QED) is 0.876. The summed E-state index contributed by atoms with van der Waals surface area (Å²) in [6, 6.07) is 8.11. The number of nitrogens with zero attached hydrogens (tertiary/aromatic N) is 2. The highest BCUT2D eigenvalue weighted by molar-refractivity contribution is 5.76. The highest BCUT2D eigenvalue weighted by Gasteiger charge is 2.17. The third-order valence-corrected chi connectivity index (χ3v) is 3.56. The summed E-state index contributed by atoms with van der Waals surface area (Å²) in [5.41, 5.74) is 2.10. The minimum Gasteiger partial charge on any atom is -0.385 e. The van der Waals surface area contributed by atoms with Gasteiger partial charge in [0, 0.05) is 6.54 Å². The van der Waals surface area contributed by atoms with Crippen molar-refractivity contribution in [3.8, 4) is 0 Å². The Hall–Kier alpha value is -1.35. The van der Waals surface area contributed by atoms with E-state index in [1.165, 1.54) is 0 Å². The van der Waals surface area contributed by atoms with Crippen molar-refractivity contribution in [2.45, 2.75) is 46.3 Å². The molecule has 3 heteroatoms. The summed E-state index contributed by atoms with van der Waals surface area (Å²) in [6.45, 7) is 7.33. The lowest BCUT2D eigenvalue weighted by Crippen LogP contribution is -2.13. The van der Waals surface area contributed by atoms with Crippen LogP contribution in [0.1, 0.15) is 45.5 Å². The lowest BCUT2D eigenvalue weighted by Gasteiger charge is -2.16. The summed E-state index contributed by atoms with van der Waals surface area (Å²) < 4.78 is 2.18. The number of hydrogen-bond acceptors (Lipinski definition) is 2. The molecule has 0 spiro atoms. The van der Waals surface area contributed by atoms with Gasteiger partial charge in [-0.1, -0.05) is 39.3 Å². The Morgan fingerprint density at radius 1 is 1.22 bits per heavy atom. The first kappa shape index (κ1) is 13.1. The third-order valence-electron chi connectivity index (χ3n) is 3.56. The molecular formula is C15H22N2O. The maximum absolute atomic E-state index is 10.1. The topological polar surface area (TPSA) is 38.0 Å². The molecule has 0 aliphatic heterocycles. The number of aliphatic hydroxyl groups is 1. The van der Waals surface area contributed by atoms with E-state index in [1.807, 2.05) is 25.1 Å². The molecule has 1 N–H and O–H groups in total. The lowest BCUT2D eigenvalue weighted by atomic mass is 10.1. The van der Waals surface area contributed by atoms with E-state index >= 15 is 0 Å². The average Bonchev–Trinajstić information content (AvgIpc) is 2.77. The summed E-state index contributed by atoms with van der Waals surface area (Å²) in [6.07, 6.45) is 1.36. The highest BCUT2D eigenvalue weighted by atomic mass is 16.3. The van der Waals surface area contributed by atoms with Gasteiger partial charge in [0.05, 0.1) is 11.0 Å². The Morgan fingerprint density at radius 3 is 2.61 bits per heavy atom. The molecule has 0 saturated carbocycles. The number of benzene rings is 1. The van der Waals surface area contributed by atoms with Gasteiger partial charge in [-0.15, -0.1) is 0 Å². The molecule has 2 rings (SSSR count). The Balaban J connectivity index is 2.50. The first-order chi connectivity index (χ1) is 8.67. The molecule has 0 saturated heterocycles. The number of rotatable bonds is 5. The van der Waals surface area contributed by atoms with Gasteiger partial charge in [0.25, 0.3) is 0 Å². The van der Waals surface area contributed by atoms with Crippen molar-refractivity contribution in [2.24, 2.45) is 5.92 Å². The van der Waals surface area contributed by atoms with Crippen molar-refractivity contribution < 1.29 is 5.11 Å². The number of fused-ring (bicyclic) bond motifs is 1. The van der Waals surface area contributed by atoms with Gasteiger partial charge in [-0.05, 0) is 24.5 Å². The normalized spacial score (nSPS) is 14.9. The smallest absolute Gasteiger partial charge is 0.138 e. The van der Waals surface area contributed by atoms with E-state index in [-0.39, 0.29) is 0 Å². The molecule has 0 aliphatic rings. The minimum absolute atomic E-state index is 0.471. The third kappa shape index (κ3) is 2.41. The monoisotopic (exact) mass is 246 g/mol. The summed E-state index contributed by atoms with van der Waals surface area (Å²) in [5, 5.41) is 10.1. The van der Waals surface area contributed by atoms with Crippen molar-refractivity contribution in [3.63, 3.8) is 0 Å². The van der Waals surface area contributed by atoms with Crippen LogP contribution in [0.2, 0.25) is 0 Å². The first-order valence-corrected chi connectivity index (χ1v) is 6.80. The van der Waals surface area contributed by atoms with E-state index in [9.17, 15) is 5.11 Å². The molecule has 3 nitrogen and oxygen atoms in total. The predicted octanol–water partition coefficient (Wildman–Crippen LogP) is 3.53. The maximum atomic E-state index is 10.1.